The van der Waals surface area contributed by atoms with Gasteiger partial charge in [-0.2, -0.15) is 0 Å². The predicted octanol–water partition coefficient (Wildman–Crippen LogP) is 7.71. The maximum atomic E-state index is 14.0. The van der Waals surface area contributed by atoms with Gasteiger partial charge in [0.05, 0.1) is 23.7 Å². The van der Waals surface area contributed by atoms with E-state index in [2.05, 4.69) is 20.8 Å². The first-order valence-corrected chi connectivity index (χ1v) is 13.1. The van der Waals surface area contributed by atoms with Crippen LogP contribution in [0.3, 0.4) is 0 Å². The Morgan fingerprint density at radius 2 is 1.56 bits per heavy atom. The van der Waals surface area contributed by atoms with E-state index in [1.54, 1.807) is 25.3 Å². The number of carbonyl (C=O) groups is 2. The molecule has 1 saturated heterocycles. The number of rotatable bonds is 4. The van der Waals surface area contributed by atoms with E-state index in [0.717, 1.165) is 17.2 Å². The molecule has 0 radical (unpaired) electrons. The molecule has 3 aromatic rings. The Hall–Kier alpha value is -3.64. The average Bonchev–Trinajstić information content (AvgIpc) is 3.14. The molecule has 7 heteroatoms. The zero-order valence-electron chi connectivity index (χ0n) is 23.2. The molecule has 0 aliphatic carbocycles. The van der Waals surface area contributed by atoms with Crippen molar-refractivity contribution in [1.82, 2.24) is 0 Å². The number of aliphatic hydroxyl groups is 1. The number of hydrogen-bond acceptors (Lipinski definition) is 4. The van der Waals surface area contributed by atoms with Crippen LogP contribution in [-0.2, 0) is 20.4 Å². The number of benzene rings is 3. The normalized spacial score (nSPS) is 17.6. The first-order valence-electron chi connectivity index (χ1n) is 12.7. The molecule has 1 aliphatic heterocycles. The van der Waals surface area contributed by atoms with Gasteiger partial charge in [-0.1, -0.05) is 77.4 Å². The number of halogens is 2. The van der Waals surface area contributed by atoms with Gasteiger partial charge >= 0.3 is 0 Å². The number of anilines is 1. The molecule has 204 valence electrons. The minimum absolute atomic E-state index is 0.0611. The van der Waals surface area contributed by atoms with Crippen LogP contribution < -0.4 is 9.64 Å². The second-order valence-corrected chi connectivity index (χ2v) is 12.2. The van der Waals surface area contributed by atoms with E-state index in [9.17, 15) is 19.1 Å². The summed E-state index contributed by atoms with van der Waals surface area (Å²) >= 11 is 6.05. The summed E-state index contributed by atoms with van der Waals surface area (Å²) in [6, 6.07) is 15.6. The summed E-state index contributed by atoms with van der Waals surface area (Å²) in [4.78, 5) is 28.3. The van der Waals surface area contributed by atoms with Gasteiger partial charge in [-0.05, 0) is 58.4 Å². The number of methoxy groups -OCH3 is 1. The Labute approximate surface area is 233 Å². The Kier molecular flexibility index (Phi) is 7.39. The molecule has 0 spiro atoms. The van der Waals surface area contributed by atoms with Crippen molar-refractivity contribution in [1.29, 1.82) is 0 Å². The van der Waals surface area contributed by atoms with E-state index < -0.39 is 23.5 Å². The molecule has 3 aromatic carbocycles. The van der Waals surface area contributed by atoms with Gasteiger partial charge in [0.15, 0.2) is 0 Å². The fourth-order valence-corrected chi connectivity index (χ4v) is 4.99. The number of carbonyl (C=O) groups excluding carboxylic acids is 2. The molecule has 5 nitrogen and oxygen atoms in total. The lowest BCUT2D eigenvalue weighted by atomic mass is 9.84. The smallest absolute Gasteiger partial charge is 0.300 e. The van der Waals surface area contributed by atoms with Gasteiger partial charge in [0, 0.05) is 16.8 Å². The van der Waals surface area contributed by atoms with Gasteiger partial charge in [0.1, 0.15) is 17.3 Å². The maximum absolute atomic E-state index is 14.0. The van der Waals surface area contributed by atoms with E-state index in [1.165, 1.54) is 17.0 Å². The quantitative estimate of drug-likeness (QED) is 0.206. The lowest BCUT2D eigenvalue weighted by Gasteiger charge is -2.27. The summed E-state index contributed by atoms with van der Waals surface area (Å²) in [5.41, 5.74) is 2.66. The van der Waals surface area contributed by atoms with Crippen molar-refractivity contribution in [3.8, 4) is 5.75 Å². The van der Waals surface area contributed by atoms with Crippen molar-refractivity contribution in [3.63, 3.8) is 0 Å². The third-order valence-electron chi connectivity index (χ3n) is 7.00. The Morgan fingerprint density at radius 1 is 0.923 bits per heavy atom. The zero-order chi connectivity index (χ0) is 28.9. The molecule has 0 saturated carbocycles. The largest absolute Gasteiger partial charge is 0.507 e. The molecule has 1 N–H and O–H groups in total. The lowest BCUT2D eigenvalue weighted by Crippen LogP contribution is -2.29. The van der Waals surface area contributed by atoms with Crippen LogP contribution in [0.2, 0.25) is 5.02 Å². The van der Waals surface area contributed by atoms with E-state index in [4.69, 9.17) is 16.3 Å². The van der Waals surface area contributed by atoms with Crippen molar-refractivity contribution in [2.75, 3.05) is 12.0 Å². The maximum Gasteiger partial charge on any atom is 0.300 e. The highest BCUT2D eigenvalue weighted by molar-refractivity contribution is 6.51. The first kappa shape index (κ1) is 28.4. The molecule has 1 heterocycles. The van der Waals surface area contributed by atoms with Crippen LogP contribution in [0.5, 0.6) is 5.75 Å². The van der Waals surface area contributed by atoms with Crippen LogP contribution in [0.4, 0.5) is 10.1 Å². The van der Waals surface area contributed by atoms with Crippen molar-refractivity contribution < 1.29 is 23.8 Å². The summed E-state index contributed by atoms with van der Waals surface area (Å²) in [5, 5.41) is 11.4. The fourth-order valence-electron chi connectivity index (χ4n) is 4.81. The third kappa shape index (κ3) is 5.30. The number of hydrogen-bond donors (Lipinski definition) is 1. The van der Waals surface area contributed by atoms with Crippen LogP contribution in [0.1, 0.15) is 69.8 Å². The molecule has 1 unspecified atom stereocenters. The van der Waals surface area contributed by atoms with Crippen LogP contribution in [0, 0.1) is 5.82 Å². The number of aliphatic hydroxyl groups excluding tert-OH is 1. The van der Waals surface area contributed by atoms with Crippen molar-refractivity contribution in [2.24, 2.45) is 0 Å². The first-order chi connectivity index (χ1) is 18.1. The second-order valence-electron chi connectivity index (χ2n) is 11.8. The molecular weight excluding hydrogens is 517 g/mol. The SMILES string of the molecule is COc1ccc(/C(O)=C2/C(=O)C(=O)N(c3ccc(F)c(Cl)c3)C2c2ccc(C(C)(C)C)cc2)cc1C(C)(C)C. The van der Waals surface area contributed by atoms with Gasteiger partial charge in [-0.3, -0.25) is 14.5 Å². The topological polar surface area (TPSA) is 66.8 Å². The summed E-state index contributed by atoms with van der Waals surface area (Å²) < 4.78 is 19.5. The van der Waals surface area contributed by atoms with E-state index in [0.29, 0.717) is 16.9 Å². The molecule has 0 bridgehead atoms. The molecule has 1 atom stereocenters. The molecule has 4 rings (SSSR count). The van der Waals surface area contributed by atoms with Crippen LogP contribution in [0.15, 0.2) is 66.2 Å². The van der Waals surface area contributed by atoms with E-state index in [1.807, 2.05) is 45.0 Å². The standard InChI is InChI=1S/C32H33ClFNO4/c1-31(2,3)20-11-8-18(9-12-20)27-26(28(36)19-10-15-25(39-7)22(16-19)32(4,5)6)29(37)30(38)35(27)21-13-14-24(34)23(33)17-21/h8-17,27,36H,1-7H3/b28-26-. The number of ether oxygens (including phenoxy) is 1. The molecule has 39 heavy (non-hydrogen) atoms. The fraction of sp³-hybridized carbons (Fsp3) is 0.312. The molecule has 1 aliphatic rings. The Morgan fingerprint density at radius 3 is 2.10 bits per heavy atom. The number of Topliss-reactive ketones (excluding diaryl/α,β-unsaturated/α-hetero) is 1. The summed E-state index contributed by atoms with van der Waals surface area (Å²) in [7, 11) is 1.57. The minimum atomic E-state index is -0.958. The monoisotopic (exact) mass is 549 g/mol. The van der Waals surface area contributed by atoms with Gasteiger partial charge in [0.25, 0.3) is 11.7 Å². The van der Waals surface area contributed by atoms with Gasteiger partial charge in [-0.25, -0.2) is 4.39 Å². The number of ketones is 1. The van der Waals surface area contributed by atoms with E-state index in [-0.39, 0.29) is 32.9 Å². The highest BCUT2D eigenvalue weighted by Crippen LogP contribution is 2.44. The van der Waals surface area contributed by atoms with Crippen molar-refractivity contribution in [3.05, 3.63) is 99.3 Å². The van der Waals surface area contributed by atoms with Crippen molar-refractivity contribution in [2.45, 2.75) is 58.4 Å². The number of nitrogens with zero attached hydrogens (tertiary/aromatic N) is 1. The number of amides is 1. The molecule has 1 amide bonds. The zero-order valence-corrected chi connectivity index (χ0v) is 24.0. The Balaban J connectivity index is 1.97. The highest BCUT2D eigenvalue weighted by Gasteiger charge is 2.47. The van der Waals surface area contributed by atoms with Gasteiger partial charge in [0.2, 0.25) is 0 Å². The molecule has 1 fully saturated rings. The Bertz CT molecular complexity index is 1480. The van der Waals surface area contributed by atoms with Crippen LogP contribution >= 0.6 is 11.6 Å². The third-order valence-corrected chi connectivity index (χ3v) is 7.29. The van der Waals surface area contributed by atoms with E-state index >= 15 is 0 Å². The van der Waals surface area contributed by atoms with Gasteiger partial charge < -0.3 is 9.84 Å². The summed E-state index contributed by atoms with van der Waals surface area (Å²) in [6.07, 6.45) is 0. The van der Waals surface area contributed by atoms with Crippen LogP contribution in [-0.4, -0.2) is 23.9 Å². The van der Waals surface area contributed by atoms with Crippen molar-refractivity contribution >= 4 is 34.7 Å². The van der Waals surface area contributed by atoms with Gasteiger partial charge in [-0.15, -0.1) is 0 Å². The summed E-state index contributed by atoms with van der Waals surface area (Å²) in [6.45, 7) is 12.3. The minimum Gasteiger partial charge on any atom is -0.507 e. The highest BCUT2D eigenvalue weighted by atomic mass is 35.5. The lowest BCUT2D eigenvalue weighted by molar-refractivity contribution is -0.132. The predicted molar refractivity (Wildman–Crippen MR) is 153 cm³/mol. The van der Waals surface area contributed by atoms with Crippen LogP contribution in [0.25, 0.3) is 5.76 Å². The molecule has 0 aromatic heterocycles. The molecular formula is C32H33ClFNO4. The summed E-state index contributed by atoms with van der Waals surface area (Å²) in [5.74, 6) is -1.98. The average molecular weight is 550 g/mol. The second kappa shape index (κ2) is 10.2.